The minimum atomic E-state index is 0. The van der Waals surface area contributed by atoms with E-state index in [0.717, 1.165) is 11.1 Å². The van der Waals surface area contributed by atoms with Crippen molar-refractivity contribution in [2.75, 3.05) is 0 Å². The average molecular weight is 346 g/mol. The Labute approximate surface area is 131 Å². The van der Waals surface area contributed by atoms with Crippen molar-refractivity contribution in [1.29, 1.82) is 0 Å². The molecule has 0 bridgehead atoms. The van der Waals surface area contributed by atoms with Crippen molar-refractivity contribution in [2.24, 2.45) is 0 Å². The molecule has 0 heterocycles. The van der Waals surface area contributed by atoms with Crippen LogP contribution in [0.4, 0.5) is 0 Å². The van der Waals surface area contributed by atoms with Gasteiger partial charge in [0.25, 0.3) is 0 Å². The second-order valence-corrected chi connectivity index (χ2v) is 3.57. The number of para-hydroxylation sites is 2. The van der Waals surface area contributed by atoms with E-state index in [2.05, 4.69) is 0 Å². The molecule has 0 aliphatic carbocycles. The number of aromatic hydroxyl groups is 2. The minimum absolute atomic E-state index is 0. The summed E-state index contributed by atoms with van der Waals surface area (Å²) in [5.74, 6) is 0.736. The Morgan fingerprint density at radius 3 is 1.05 bits per heavy atom. The van der Waals surface area contributed by atoms with Crippen LogP contribution in [0.1, 0.15) is 11.1 Å². The number of rotatable bonds is 0. The fourth-order valence-electron chi connectivity index (χ4n) is 1.13. The first kappa shape index (κ1) is 22.9. The zero-order valence-corrected chi connectivity index (χ0v) is 13.2. The van der Waals surface area contributed by atoms with Gasteiger partial charge in [0.15, 0.2) is 0 Å². The van der Waals surface area contributed by atoms with Crippen LogP contribution in [0.25, 0.3) is 0 Å². The summed E-state index contributed by atoms with van der Waals surface area (Å²) in [4.78, 5) is 0. The van der Waals surface area contributed by atoms with Gasteiger partial charge in [-0.05, 0) is 37.1 Å². The number of aryl methyl sites for hydroxylation is 2. The van der Waals surface area contributed by atoms with Crippen LogP contribution in [0.3, 0.4) is 0 Å². The molecule has 2 nitrogen and oxygen atoms in total. The van der Waals surface area contributed by atoms with Crippen LogP contribution in [-0.2, 0) is 26.2 Å². The third-order valence-electron chi connectivity index (χ3n) is 2.23. The van der Waals surface area contributed by atoms with Crippen LogP contribution in [0, 0.1) is 13.8 Å². The third-order valence-corrected chi connectivity index (χ3v) is 2.23. The molecule has 0 amide bonds. The third kappa shape index (κ3) is 8.49. The molecule has 0 saturated carbocycles. The molecule has 19 heavy (non-hydrogen) atoms. The van der Waals surface area contributed by atoms with E-state index >= 15 is 0 Å². The van der Waals surface area contributed by atoms with Gasteiger partial charge < -0.3 is 19.6 Å². The summed E-state index contributed by atoms with van der Waals surface area (Å²) in [6, 6.07) is 14.5. The molecule has 2 aromatic rings. The maximum Gasteiger partial charge on any atom is 2.00 e. The van der Waals surface area contributed by atoms with Gasteiger partial charge in [0.2, 0.25) is 0 Å². The predicted molar refractivity (Wildman–Crippen MR) is 65.7 cm³/mol. The Bertz CT molecular complexity index is 379. The molecular weight excluding hydrogens is 329 g/mol. The standard InChI is InChI=1S/2C7H8O.2FH.Zr/c2*1-6-4-2-3-5-7(6)8;;;/h2*2-5,8H,1H3;2*1H;/q;;;;+2/p-2. The molecule has 0 unspecified atom stereocenters. The Morgan fingerprint density at radius 2 is 0.895 bits per heavy atom. The van der Waals surface area contributed by atoms with Gasteiger partial charge in [-0.15, -0.1) is 0 Å². The van der Waals surface area contributed by atoms with Crippen molar-refractivity contribution in [3.8, 4) is 11.5 Å². The van der Waals surface area contributed by atoms with Crippen LogP contribution in [0.5, 0.6) is 11.5 Å². The fourth-order valence-corrected chi connectivity index (χ4v) is 1.13. The van der Waals surface area contributed by atoms with Crippen LogP contribution in [0.2, 0.25) is 0 Å². The summed E-state index contributed by atoms with van der Waals surface area (Å²) in [5, 5.41) is 17.8. The normalized spacial score (nSPS) is 7.68. The molecule has 0 saturated heterocycles. The van der Waals surface area contributed by atoms with Crippen LogP contribution in [-0.4, -0.2) is 10.2 Å². The topological polar surface area (TPSA) is 40.5 Å². The summed E-state index contributed by atoms with van der Waals surface area (Å²) < 4.78 is 0. The van der Waals surface area contributed by atoms with Crippen LogP contribution in [0.15, 0.2) is 48.5 Å². The van der Waals surface area contributed by atoms with E-state index in [4.69, 9.17) is 10.2 Å². The number of hydrogen-bond acceptors (Lipinski definition) is 2. The Kier molecular flexibility index (Phi) is 14.3. The summed E-state index contributed by atoms with van der Waals surface area (Å²) >= 11 is 0. The summed E-state index contributed by atoms with van der Waals surface area (Å²) in [5.41, 5.74) is 1.85. The smallest absolute Gasteiger partial charge is 1.00 e. The zero-order chi connectivity index (χ0) is 12.0. The maximum atomic E-state index is 8.92. The van der Waals surface area contributed by atoms with Crippen molar-refractivity contribution < 1.29 is 45.8 Å². The van der Waals surface area contributed by atoms with Crippen LogP contribution < -0.4 is 9.41 Å². The van der Waals surface area contributed by atoms with Crippen molar-refractivity contribution in [2.45, 2.75) is 13.8 Å². The second-order valence-electron chi connectivity index (χ2n) is 3.57. The zero-order valence-electron chi connectivity index (χ0n) is 10.8. The second kappa shape index (κ2) is 11.9. The molecule has 2 aromatic carbocycles. The molecule has 0 atom stereocenters. The van der Waals surface area contributed by atoms with Gasteiger partial charge in [-0.25, -0.2) is 0 Å². The van der Waals surface area contributed by atoms with Gasteiger partial charge in [-0.1, -0.05) is 36.4 Å². The van der Waals surface area contributed by atoms with E-state index in [1.54, 1.807) is 12.1 Å². The van der Waals surface area contributed by atoms with E-state index < -0.39 is 0 Å². The molecule has 0 fully saturated rings. The molecule has 2 N–H and O–H groups in total. The molecule has 5 heteroatoms. The Hall–Kier alpha value is -1.22. The predicted octanol–water partition coefficient (Wildman–Crippen LogP) is -2.59. The molecule has 102 valence electrons. The number of phenolic OH excluding ortho intramolecular Hbond substituents is 2. The van der Waals surface area contributed by atoms with Crippen molar-refractivity contribution >= 4 is 0 Å². The minimum Gasteiger partial charge on any atom is -1.00 e. The average Bonchev–Trinajstić information content (AvgIpc) is 2.28. The molecule has 0 radical (unpaired) electrons. The Morgan fingerprint density at radius 1 is 0.632 bits per heavy atom. The summed E-state index contributed by atoms with van der Waals surface area (Å²) in [7, 11) is 0. The molecule has 0 aromatic heterocycles. The van der Waals surface area contributed by atoms with E-state index in [-0.39, 0.29) is 35.6 Å². The van der Waals surface area contributed by atoms with E-state index in [1.165, 1.54) is 0 Å². The van der Waals surface area contributed by atoms with Gasteiger partial charge >= 0.3 is 26.2 Å². The van der Waals surface area contributed by atoms with Gasteiger partial charge in [-0.2, -0.15) is 0 Å². The van der Waals surface area contributed by atoms with Crippen molar-refractivity contribution in [3.05, 3.63) is 59.7 Å². The van der Waals surface area contributed by atoms with Gasteiger partial charge in [0, 0.05) is 0 Å². The Balaban J connectivity index is -0.000000233. The van der Waals surface area contributed by atoms with Crippen molar-refractivity contribution in [3.63, 3.8) is 0 Å². The monoisotopic (exact) mass is 344 g/mol. The van der Waals surface area contributed by atoms with E-state index in [9.17, 15) is 0 Å². The molecule has 0 spiro atoms. The molecule has 2 rings (SSSR count). The summed E-state index contributed by atoms with van der Waals surface area (Å²) in [6.07, 6.45) is 0. The first-order valence-electron chi connectivity index (χ1n) is 5.10. The first-order chi connectivity index (χ1) is 7.61. The first-order valence-corrected chi connectivity index (χ1v) is 5.10. The van der Waals surface area contributed by atoms with Crippen molar-refractivity contribution in [1.82, 2.24) is 0 Å². The van der Waals surface area contributed by atoms with Gasteiger partial charge in [-0.3, -0.25) is 0 Å². The summed E-state index contributed by atoms with van der Waals surface area (Å²) in [6.45, 7) is 3.74. The van der Waals surface area contributed by atoms with Gasteiger partial charge in [0.1, 0.15) is 11.5 Å². The SMILES string of the molecule is Cc1ccccc1O.Cc1ccccc1O.[F-].[F-].[Zr+2]. The van der Waals surface area contributed by atoms with Crippen LogP contribution >= 0.6 is 0 Å². The molecule has 0 aliphatic heterocycles. The number of benzene rings is 2. The number of phenols is 2. The van der Waals surface area contributed by atoms with E-state index in [1.807, 2.05) is 50.2 Å². The van der Waals surface area contributed by atoms with Gasteiger partial charge in [0.05, 0.1) is 0 Å². The number of halogens is 2. The number of hydrogen-bond donors (Lipinski definition) is 2. The largest absolute Gasteiger partial charge is 2.00 e. The van der Waals surface area contributed by atoms with E-state index in [0.29, 0.717) is 11.5 Å². The molecular formula is C14H16F2O2Zr. The molecule has 0 aliphatic rings. The fraction of sp³-hybridized carbons (Fsp3) is 0.143. The maximum absolute atomic E-state index is 8.92. The quantitative estimate of drug-likeness (QED) is 0.550.